The number of aromatic nitrogens is 2. The van der Waals surface area contributed by atoms with Gasteiger partial charge in [0.1, 0.15) is 0 Å². The van der Waals surface area contributed by atoms with Gasteiger partial charge in [-0.2, -0.15) is 0 Å². The molecule has 26 heavy (non-hydrogen) atoms. The number of ether oxygens (including phenoxy) is 2. The number of imidazole rings is 1. The highest BCUT2D eigenvalue weighted by Crippen LogP contribution is 2.31. The van der Waals surface area contributed by atoms with Crippen molar-refractivity contribution >= 4 is 16.6 Å². The van der Waals surface area contributed by atoms with Gasteiger partial charge in [-0.05, 0) is 53.2 Å². The Morgan fingerprint density at radius 2 is 1.96 bits per heavy atom. The number of hydrogen-bond acceptors (Lipinski definition) is 4. The molecule has 0 unspecified atom stereocenters. The summed E-state index contributed by atoms with van der Waals surface area (Å²) in [7, 11) is 3.31. The topological polar surface area (TPSA) is 50.4 Å². The van der Waals surface area contributed by atoms with Gasteiger partial charge in [0.15, 0.2) is 11.5 Å². The van der Waals surface area contributed by atoms with E-state index in [4.69, 9.17) is 9.47 Å². The lowest BCUT2D eigenvalue weighted by Gasteiger charge is -2.25. The second-order valence-corrected chi connectivity index (χ2v) is 6.26. The Morgan fingerprint density at radius 3 is 2.81 bits per heavy atom. The summed E-state index contributed by atoms with van der Waals surface area (Å²) in [5, 5.41) is 0. The van der Waals surface area contributed by atoms with Gasteiger partial charge in [0, 0.05) is 13.1 Å². The Balaban J connectivity index is 1.52. The highest BCUT2D eigenvalue weighted by molar-refractivity contribution is 5.75. The summed E-state index contributed by atoms with van der Waals surface area (Å²) in [6.07, 6.45) is 8.09. The number of nitrogens with one attached hydrogen (secondary N) is 1. The fourth-order valence-corrected chi connectivity index (χ4v) is 3.25. The summed E-state index contributed by atoms with van der Waals surface area (Å²) < 4.78 is 10.8. The van der Waals surface area contributed by atoms with E-state index in [1.54, 1.807) is 20.5 Å². The summed E-state index contributed by atoms with van der Waals surface area (Å²) in [4.78, 5) is 9.74. The molecule has 1 N–H and O–H groups in total. The normalized spacial score (nSPS) is 13.8. The van der Waals surface area contributed by atoms with Crippen LogP contribution in [0.4, 0.5) is 0 Å². The predicted molar refractivity (Wildman–Crippen MR) is 103 cm³/mol. The number of aromatic amines is 1. The molecule has 3 aromatic rings. The molecule has 2 aromatic carbocycles. The molecule has 1 aliphatic rings. The molecule has 0 spiro atoms. The molecule has 4 rings (SSSR count). The summed E-state index contributed by atoms with van der Waals surface area (Å²) in [6, 6.07) is 12.4. The third-order valence-corrected chi connectivity index (χ3v) is 4.59. The van der Waals surface area contributed by atoms with E-state index >= 15 is 0 Å². The average molecular weight is 347 g/mol. The number of rotatable bonds is 5. The minimum Gasteiger partial charge on any atom is -0.493 e. The zero-order valence-corrected chi connectivity index (χ0v) is 14.9. The molecular weight excluding hydrogens is 326 g/mol. The van der Waals surface area contributed by atoms with E-state index in [9.17, 15) is 0 Å². The van der Waals surface area contributed by atoms with E-state index in [0.717, 1.165) is 41.2 Å². The van der Waals surface area contributed by atoms with Crippen LogP contribution in [-0.4, -0.2) is 35.6 Å². The zero-order valence-electron chi connectivity index (χ0n) is 14.9. The van der Waals surface area contributed by atoms with Crippen LogP contribution in [0.2, 0.25) is 0 Å². The molecule has 0 saturated heterocycles. The first-order valence-corrected chi connectivity index (χ1v) is 8.52. The van der Waals surface area contributed by atoms with Crippen molar-refractivity contribution < 1.29 is 9.47 Å². The van der Waals surface area contributed by atoms with Crippen LogP contribution in [0, 0.1) is 0 Å². The number of nitrogens with zero attached hydrogens (tertiary/aromatic N) is 2. The monoisotopic (exact) mass is 347 g/mol. The average Bonchev–Trinajstić information content (AvgIpc) is 3.15. The smallest absolute Gasteiger partial charge is 0.161 e. The Labute approximate surface area is 152 Å². The van der Waals surface area contributed by atoms with Gasteiger partial charge in [-0.15, -0.1) is 0 Å². The van der Waals surface area contributed by atoms with Crippen LogP contribution in [0.15, 0.2) is 61.1 Å². The SMILES string of the molecule is COc1ccc(C2=CC=CN(Cc3ccc4nc[nH]c4c3)C2)cc1OC. The van der Waals surface area contributed by atoms with Crippen LogP contribution in [0.25, 0.3) is 16.6 Å². The van der Waals surface area contributed by atoms with Crippen molar-refractivity contribution in [3.63, 3.8) is 0 Å². The van der Waals surface area contributed by atoms with Crippen molar-refractivity contribution in [3.05, 3.63) is 72.2 Å². The Hall–Kier alpha value is -3.21. The molecule has 2 heterocycles. The van der Waals surface area contributed by atoms with Gasteiger partial charge < -0.3 is 19.4 Å². The molecular formula is C21H21N3O2. The number of allylic oxidation sites excluding steroid dienone is 2. The fraction of sp³-hybridized carbons (Fsp3) is 0.190. The van der Waals surface area contributed by atoms with Gasteiger partial charge in [-0.1, -0.05) is 18.2 Å². The van der Waals surface area contributed by atoms with E-state index in [-0.39, 0.29) is 0 Å². The molecule has 0 bridgehead atoms. The summed E-state index contributed by atoms with van der Waals surface area (Å²) in [6.45, 7) is 1.68. The van der Waals surface area contributed by atoms with E-state index < -0.39 is 0 Å². The fourth-order valence-electron chi connectivity index (χ4n) is 3.25. The second kappa shape index (κ2) is 6.96. The van der Waals surface area contributed by atoms with Crippen molar-refractivity contribution in [1.29, 1.82) is 0 Å². The molecule has 0 fully saturated rings. The first-order chi connectivity index (χ1) is 12.8. The molecule has 0 radical (unpaired) electrons. The van der Waals surface area contributed by atoms with Gasteiger partial charge in [0.05, 0.1) is 31.6 Å². The molecule has 0 amide bonds. The van der Waals surface area contributed by atoms with Crippen LogP contribution in [0.3, 0.4) is 0 Å². The first kappa shape index (κ1) is 16.3. The van der Waals surface area contributed by atoms with E-state index in [0.29, 0.717) is 0 Å². The van der Waals surface area contributed by atoms with Gasteiger partial charge in [-0.3, -0.25) is 0 Å². The first-order valence-electron chi connectivity index (χ1n) is 8.52. The summed E-state index contributed by atoms with van der Waals surface area (Å²) in [5.41, 5.74) is 5.70. The predicted octanol–water partition coefficient (Wildman–Crippen LogP) is 3.99. The summed E-state index contributed by atoms with van der Waals surface area (Å²) in [5.74, 6) is 1.49. The van der Waals surface area contributed by atoms with Crippen molar-refractivity contribution in [2.45, 2.75) is 6.54 Å². The Bertz CT molecular complexity index is 988. The molecule has 5 heteroatoms. The number of hydrogen-bond donors (Lipinski definition) is 1. The minimum atomic E-state index is 0.743. The Kier molecular flexibility index (Phi) is 4.35. The van der Waals surface area contributed by atoms with Crippen LogP contribution in [0.5, 0.6) is 11.5 Å². The van der Waals surface area contributed by atoms with Crippen molar-refractivity contribution in [1.82, 2.24) is 14.9 Å². The zero-order chi connectivity index (χ0) is 17.9. The highest BCUT2D eigenvalue weighted by Gasteiger charge is 2.13. The van der Waals surface area contributed by atoms with Crippen LogP contribution in [0.1, 0.15) is 11.1 Å². The van der Waals surface area contributed by atoms with Crippen molar-refractivity contribution in [2.24, 2.45) is 0 Å². The number of benzene rings is 2. The van der Waals surface area contributed by atoms with E-state index in [1.165, 1.54) is 11.1 Å². The molecule has 0 atom stereocenters. The molecule has 0 aliphatic carbocycles. The molecule has 1 aliphatic heterocycles. The second-order valence-electron chi connectivity index (χ2n) is 6.26. The van der Waals surface area contributed by atoms with Crippen molar-refractivity contribution in [3.8, 4) is 11.5 Å². The lowest BCUT2D eigenvalue weighted by Crippen LogP contribution is -2.21. The maximum atomic E-state index is 5.43. The lowest BCUT2D eigenvalue weighted by atomic mass is 10.0. The van der Waals surface area contributed by atoms with Gasteiger partial charge in [-0.25, -0.2) is 4.98 Å². The van der Waals surface area contributed by atoms with E-state index in [1.807, 2.05) is 12.1 Å². The minimum absolute atomic E-state index is 0.743. The van der Waals surface area contributed by atoms with Crippen LogP contribution < -0.4 is 9.47 Å². The largest absolute Gasteiger partial charge is 0.493 e. The van der Waals surface area contributed by atoms with Crippen molar-refractivity contribution in [2.75, 3.05) is 20.8 Å². The van der Waals surface area contributed by atoms with Gasteiger partial charge in [0.2, 0.25) is 0 Å². The maximum absolute atomic E-state index is 5.43. The van der Waals surface area contributed by atoms with Crippen LogP contribution >= 0.6 is 0 Å². The standard InChI is InChI=1S/C21H21N3O2/c1-25-20-8-6-16(11-21(20)26-2)17-4-3-9-24(13-17)12-15-5-7-18-19(10-15)23-14-22-18/h3-11,14H,12-13H2,1-2H3,(H,22,23). The third kappa shape index (κ3) is 3.16. The lowest BCUT2D eigenvalue weighted by molar-refractivity contribution is 0.354. The quantitative estimate of drug-likeness (QED) is 0.758. The molecule has 0 saturated carbocycles. The maximum Gasteiger partial charge on any atom is 0.161 e. The molecule has 1 aromatic heterocycles. The Morgan fingerprint density at radius 1 is 1.08 bits per heavy atom. The number of fused-ring (bicyclic) bond motifs is 1. The number of methoxy groups -OCH3 is 2. The summed E-state index contributed by atoms with van der Waals surface area (Å²) >= 11 is 0. The van der Waals surface area contributed by atoms with Gasteiger partial charge in [0.25, 0.3) is 0 Å². The third-order valence-electron chi connectivity index (χ3n) is 4.59. The van der Waals surface area contributed by atoms with Gasteiger partial charge >= 0.3 is 0 Å². The number of H-pyrrole nitrogens is 1. The molecule has 5 nitrogen and oxygen atoms in total. The van der Waals surface area contributed by atoms with Crippen LogP contribution in [-0.2, 0) is 6.54 Å². The van der Waals surface area contributed by atoms with E-state index in [2.05, 4.69) is 57.5 Å². The highest BCUT2D eigenvalue weighted by atomic mass is 16.5. The molecule has 132 valence electrons.